The summed E-state index contributed by atoms with van der Waals surface area (Å²) in [6.07, 6.45) is 5.66. The largest absolute Gasteiger partial charge is 0.462 e. The van der Waals surface area contributed by atoms with Gasteiger partial charge in [0.2, 0.25) is 6.79 Å². The molecule has 5 unspecified atom stereocenters. The highest BCUT2D eigenvalue weighted by atomic mass is 79.9. The number of nitrogens with one attached hydrogen (secondary N) is 1. The minimum atomic E-state index is -4.36. The Balaban J connectivity index is 1.37. The van der Waals surface area contributed by atoms with Crippen molar-refractivity contribution in [2.45, 2.75) is 38.3 Å². The van der Waals surface area contributed by atoms with Gasteiger partial charge in [0, 0.05) is 29.5 Å². The van der Waals surface area contributed by atoms with Gasteiger partial charge in [0.25, 0.3) is 0 Å². The second-order valence-electron chi connectivity index (χ2n) is 10.2. The molecule has 6 rings (SSSR count). The second kappa shape index (κ2) is 9.31. The minimum absolute atomic E-state index is 0.119. The van der Waals surface area contributed by atoms with Crippen molar-refractivity contribution >= 4 is 31.8 Å². The Morgan fingerprint density at radius 3 is 2.81 bits per heavy atom. The molecule has 3 fully saturated rings. The molecule has 10 heteroatoms. The van der Waals surface area contributed by atoms with Crippen LogP contribution in [0.1, 0.15) is 26.2 Å². The summed E-state index contributed by atoms with van der Waals surface area (Å²) in [5.74, 6) is 0.575. The van der Waals surface area contributed by atoms with E-state index < -0.39 is 21.8 Å². The van der Waals surface area contributed by atoms with E-state index >= 15 is 0 Å². The zero-order chi connectivity index (χ0) is 25.0. The molecular weight excluding hydrogens is 548 g/mol. The first-order chi connectivity index (χ1) is 17.3. The number of halogens is 1. The van der Waals surface area contributed by atoms with E-state index in [-0.39, 0.29) is 23.5 Å². The number of rotatable bonds is 6. The molecule has 36 heavy (non-hydrogen) atoms. The highest BCUT2D eigenvalue weighted by Crippen LogP contribution is 2.47. The maximum atomic E-state index is 14.0. The lowest BCUT2D eigenvalue weighted by Gasteiger charge is -2.34. The average molecular weight is 577 g/mol. The lowest BCUT2D eigenvalue weighted by molar-refractivity contribution is -0.118. The molecule has 1 aromatic rings. The quantitative estimate of drug-likeness (QED) is 0.514. The van der Waals surface area contributed by atoms with Crippen molar-refractivity contribution in [1.29, 1.82) is 0 Å². The summed E-state index contributed by atoms with van der Waals surface area (Å²) in [6, 6.07) is 6.82. The van der Waals surface area contributed by atoms with Crippen LogP contribution in [0.25, 0.3) is 0 Å². The number of fused-ring (bicyclic) bond motifs is 3. The molecule has 0 aromatic heterocycles. The van der Waals surface area contributed by atoms with Crippen LogP contribution in [0, 0.1) is 17.8 Å². The van der Waals surface area contributed by atoms with Gasteiger partial charge in [0.1, 0.15) is 22.7 Å². The molecule has 5 atom stereocenters. The van der Waals surface area contributed by atoms with Crippen molar-refractivity contribution in [3.05, 3.63) is 62.9 Å². The number of Topliss-reactive ketones (excluding diaryl/α,β-unsaturated/α-hetero) is 1. The van der Waals surface area contributed by atoms with Crippen LogP contribution in [0.4, 0.5) is 0 Å². The van der Waals surface area contributed by atoms with E-state index in [2.05, 4.69) is 26.1 Å². The average Bonchev–Trinajstić information content (AvgIpc) is 3.61. The standard InChI is InChI=1S/C26H29BrN2O6S/c1-15-16(9-20-13-33-14-34-20)10-22(36(31,32)35-19-6-4-18(27)5-7-19)26(30)23(15)25-24-17(11-28-25)12-29-8-2-3-21(24)29/h4-7,10,13,17,21,23-25,28H,2-3,8-9,11-12,14H2,1H3. The van der Waals surface area contributed by atoms with Gasteiger partial charge in [-0.3, -0.25) is 9.69 Å². The summed E-state index contributed by atoms with van der Waals surface area (Å²) < 4.78 is 43.9. The smallest absolute Gasteiger partial charge is 0.342 e. The zero-order valence-electron chi connectivity index (χ0n) is 20.0. The molecule has 3 saturated heterocycles. The highest BCUT2D eigenvalue weighted by molar-refractivity contribution is 9.10. The Kier molecular flexibility index (Phi) is 6.26. The molecule has 4 heterocycles. The molecule has 0 radical (unpaired) electrons. The lowest BCUT2D eigenvalue weighted by Crippen LogP contribution is -2.47. The van der Waals surface area contributed by atoms with Gasteiger partial charge in [0.05, 0.1) is 5.92 Å². The van der Waals surface area contributed by atoms with Crippen molar-refractivity contribution in [3.8, 4) is 5.75 Å². The van der Waals surface area contributed by atoms with Crippen molar-refractivity contribution < 1.29 is 26.9 Å². The fourth-order valence-electron chi connectivity index (χ4n) is 6.67. The molecule has 5 aliphatic rings. The number of carbonyl (C=O) groups excluding carboxylic acids is 1. The van der Waals surface area contributed by atoms with Crippen molar-refractivity contribution in [2.75, 3.05) is 26.4 Å². The SMILES string of the molecule is CC1=C(CC2=COCO2)C=C(S(=O)(=O)Oc2ccc(Br)cc2)C(=O)C1C1NCC2CN3CCCC3C21. The second-order valence-corrected chi connectivity index (χ2v) is 12.6. The molecule has 1 N–H and O–H groups in total. The molecule has 0 amide bonds. The number of hydrogen-bond acceptors (Lipinski definition) is 8. The van der Waals surface area contributed by atoms with Crippen LogP contribution in [0.5, 0.6) is 5.75 Å². The van der Waals surface area contributed by atoms with Gasteiger partial charge in [-0.25, -0.2) is 0 Å². The third-order valence-corrected chi connectivity index (χ3v) is 10.0. The number of ketones is 1. The van der Waals surface area contributed by atoms with E-state index in [9.17, 15) is 13.2 Å². The van der Waals surface area contributed by atoms with E-state index in [1.54, 1.807) is 30.5 Å². The zero-order valence-corrected chi connectivity index (χ0v) is 22.4. The topological polar surface area (TPSA) is 94.2 Å². The maximum Gasteiger partial charge on any atom is 0.342 e. The Hall–Kier alpha value is -2.14. The monoisotopic (exact) mass is 576 g/mol. The lowest BCUT2D eigenvalue weighted by atomic mass is 9.73. The first kappa shape index (κ1) is 24.2. The fraction of sp³-hybridized carbons (Fsp3) is 0.500. The minimum Gasteiger partial charge on any atom is -0.462 e. The van der Waals surface area contributed by atoms with Gasteiger partial charge in [-0.15, -0.1) is 0 Å². The molecule has 0 spiro atoms. The maximum absolute atomic E-state index is 14.0. The fourth-order valence-corrected chi connectivity index (χ4v) is 8.05. The molecule has 0 saturated carbocycles. The van der Waals surface area contributed by atoms with Gasteiger partial charge >= 0.3 is 10.1 Å². The number of hydrogen-bond donors (Lipinski definition) is 1. The van der Waals surface area contributed by atoms with Crippen LogP contribution in [-0.4, -0.2) is 57.6 Å². The first-order valence-electron chi connectivity index (χ1n) is 12.4. The van der Waals surface area contributed by atoms with Gasteiger partial charge < -0.3 is 19.0 Å². The van der Waals surface area contributed by atoms with Crippen LogP contribution >= 0.6 is 15.9 Å². The van der Waals surface area contributed by atoms with Crippen molar-refractivity contribution in [1.82, 2.24) is 10.2 Å². The molecular formula is C26H29BrN2O6S. The molecule has 8 nitrogen and oxygen atoms in total. The normalized spacial score (nSPS) is 32.1. The Morgan fingerprint density at radius 1 is 1.25 bits per heavy atom. The summed E-state index contributed by atoms with van der Waals surface area (Å²) in [6.45, 7) is 5.07. The van der Waals surface area contributed by atoms with E-state index in [1.807, 2.05) is 6.92 Å². The number of ether oxygens (including phenoxy) is 2. The molecule has 192 valence electrons. The molecule has 1 aliphatic carbocycles. The summed E-state index contributed by atoms with van der Waals surface area (Å²) in [7, 11) is -4.36. The Labute approximate surface area is 219 Å². The predicted octanol–water partition coefficient (Wildman–Crippen LogP) is 3.48. The molecule has 4 aliphatic heterocycles. The Bertz CT molecular complexity index is 1270. The summed E-state index contributed by atoms with van der Waals surface area (Å²) in [4.78, 5) is 16.2. The highest BCUT2D eigenvalue weighted by Gasteiger charge is 2.55. The third kappa shape index (κ3) is 4.21. The van der Waals surface area contributed by atoms with Crippen LogP contribution in [0.2, 0.25) is 0 Å². The van der Waals surface area contributed by atoms with Gasteiger partial charge in [-0.1, -0.05) is 21.5 Å². The van der Waals surface area contributed by atoms with Gasteiger partial charge in [-0.05, 0) is 80.6 Å². The Morgan fingerprint density at radius 2 is 2.06 bits per heavy atom. The van der Waals surface area contributed by atoms with E-state index in [4.69, 9.17) is 13.7 Å². The van der Waals surface area contributed by atoms with Crippen molar-refractivity contribution in [2.24, 2.45) is 17.8 Å². The van der Waals surface area contributed by atoms with Gasteiger partial charge in [-0.2, -0.15) is 8.42 Å². The first-order valence-corrected chi connectivity index (χ1v) is 14.6. The molecule has 1 aromatic carbocycles. The third-order valence-electron chi connectivity index (χ3n) is 8.25. The van der Waals surface area contributed by atoms with Crippen LogP contribution < -0.4 is 9.50 Å². The van der Waals surface area contributed by atoms with Gasteiger partial charge in [0.15, 0.2) is 5.78 Å². The number of nitrogens with zero attached hydrogens (tertiary/aromatic N) is 1. The number of carbonyl (C=O) groups is 1. The summed E-state index contributed by atoms with van der Waals surface area (Å²) in [5.41, 5.74) is 1.63. The van der Waals surface area contributed by atoms with Crippen LogP contribution in [-0.2, 0) is 24.4 Å². The van der Waals surface area contributed by atoms with Crippen LogP contribution in [0.3, 0.4) is 0 Å². The summed E-state index contributed by atoms with van der Waals surface area (Å²) in [5, 5.41) is 3.62. The van der Waals surface area contributed by atoms with Crippen LogP contribution in [0.15, 0.2) is 62.9 Å². The number of benzene rings is 1. The summed E-state index contributed by atoms with van der Waals surface area (Å²) >= 11 is 3.34. The van der Waals surface area contributed by atoms with E-state index in [0.29, 0.717) is 30.1 Å². The van der Waals surface area contributed by atoms with E-state index in [0.717, 1.165) is 41.7 Å². The van der Waals surface area contributed by atoms with Crippen molar-refractivity contribution in [3.63, 3.8) is 0 Å². The van der Waals surface area contributed by atoms with E-state index in [1.165, 1.54) is 12.5 Å². The number of allylic oxidation sites excluding steroid dienone is 3. The molecule has 0 bridgehead atoms. The predicted molar refractivity (Wildman–Crippen MR) is 136 cm³/mol.